The van der Waals surface area contributed by atoms with Gasteiger partial charge in [0.05, 0.1) is 22.0 Å². The summed E-state index contributed by atoms with van der Waals surface area (Å²) in [4.78, 5) is 36.4. The number of nitrogens with one attached hydrogen (secondary N) is 1. The van der Waals surface area contributed by atoms with Crippen molar-refractivity contribution < 1.29 is 9.72 Å². The van der Waals surface area contributed by atoms with E-state index in [9.17, 15) is 14.9 Å². The molecule has 1 aliphatic rings. The Morgan fingerprint density at radius 3 is 2.37 bits per heavy atom. The zero-order valence-corrected chi connectivity index (χ0v) is 15.6. The highest BCUT2D eigenvalue weighted by Crippen LogP contribution is 2.22. The van der Waals surface area contributed by atoms with Crippen LogP contribution in [-0.4, -0.2) is 58.9 Å². The first-order valence-electron chi connectivity index (χ1n) is 8.69. The number of nitrogens with zero attached hydrogens (tertiary/aromatic N) is 5. The Labute approximate surface area is 157 Å². The Kier molecular flexibility index (Phi) is 5.31. The summed E-state index contributed by atoms with van der Waals surface area (Å²) in [6, 6.07) is 5.62. The molecule has 0 radical (unpaired) electrons. The second kappa shape index (κ2) is 7.67. The lowest BCUT2D eigenvalue weighted by molar-refractivity contribution is -0.384. The predicted octanol–water partition coefficient (Wildman–Crippen LogP) is 2.01. The van der Waals surface area contributed by atoms with Gasteiger partial charge < -0.3 is 15.1 Å². The maximum absolute atomic E-state index is 12.5. The van der Waals surface area contributed by atoms with Crippen molar-refractivity contribution >= 4 is 23.2 Å². The summed E-state index contributed by atoms with van der Waals surface area (Å²) in [6.07, 6.45) is 0. The minimum atomic E-state index is -0.527. The van der Waals surface area contributed by atoms with Crippen molar-refractivity contribution in [2.75, 3.05) is 43.4 Å². The van der Waals surface area contributed by atoms with Gasteiger partial charge >= 0.3 is 0 Å². The first kappa shape index (κ1) is 18.7. The van der Waals surface area contributed by atoms with Crippen molar-refractivity contribution in [3.8, 4) is 0 Å². The number of benzene rings is 1. The molecule has 9 nitrogen and oxygen atoms in total. The van der Waals surface area contributed by atoms with Gasteiger partial charge in [0.2, 0.25) is 5.95 Å². The zero-order chi connectivity index (χ0) is 19.6. The van der Waals surface area contributed by atoms with Gasteiger partial charge in [-0.15, -0.1) is 0 Å². The van der Waals surface area contributed by atoms with Gasteiger partial charge in [0.15, 0.2) is 0 Å². The van der Waals surface area contributed by atoms with E-state index in [1.807, 2.05) is 13.8 Å². The Bertz CT molecular complexity index is 854. The number of nitro benzene ring substituents is 1. The molecular formula is C18H22N6O3. The van der Waals surface area contributed by atoms with E-state index in [4.69, 9.17) is 0 Å². The molecule has 0 bridgehead atoms. The molecule has 1 saturated heterocycles. The molecule has 0 unspecified atom stereocenters. The summed E-state index contributed by atoms with van der Waals surface area (Å²) in [7, 11) is 2.08. The molecule has 0 spiro atoms. The van der Waals surface area contributed by atoms with Gasteiger partial charge in [-0.3, -0.25) is 14.9 Å². The normalized spacial score (nSPS) is 14.9. The lowest BCUT2D eigenvalue weighted by atomic mass is 10.1. The topological polar surface area (TPSA) is 104 Å². The highest BCUT2D eigenvalue weighted by atomic mass is 16.6. The number of amides is 1. The average molecular weight is 370 g/mol. The van der Waals surface area contributed by atoms with E-state index < -0.39 is 10.8 Å². The van der Waals surface area contributed by atoms with Crippen LogP contribution in [0.15, 0.2) is 24.3 Å². The number of non-ortho nitro benzene ring substituents is 1. The summed E-state index contributed by atoms with van der Waals surface area (Å²) in [5, 5.41) is 13.7. The van der Waals surface area contributed by atoms with Gasteiger partial charge in [0.1, 0.15) is 0 Å². The Morgan fingerprint density at radius 1 is 1.15 bits per heavy atom. The fraction of sp³-hybridized carbons (Fsp3) is 0.389. The van der Waals surface area contributed by atoms with E-state index >= 15 is 0 Å². The smallest absolute Gasteiger partial charge is 0.270 e. The fourth-order valence-electron chi connectivity index (χ4n) is 2.97. The molecule has 1 N–H and O–H groups in total. The van der Waals surface area contributed by atoms with Crippen LogP contribution in [0.2, 0.25) is 0 Å². The SMILES string of the molecule is Cc1nc(N2CCN(C)CC2)nc(C)c1NC(=O)c1cccc([N+](=O)[O-])c1. The highest BCUT2D eigenvalue weighted by molar-refractivity contribution is 6.05. The summed E-state index contributed by atoms with van der Waals surface area (Å²) >= 11 is 0. The molecule has 0 aliphatic carbocycles. The van der Waals surface area contributed by atoms with E-state index in [0.717, 1.165) is 26.2 Å². The van der Waals surface area contributed by atoms with E-state index in [2.05, 4.69) is 32.1 Å². The molecular weight excluding hydrogens is 348 g/mol. The van der Waals surface area contributed by atoms with Crippen LogP contribution in [-0.2, 0) is 0 Å². The number of rotatable bonds is 4. The first-order valence-corrected chi connectivity index (χ1v) is 8.69. The second-order valence-electron chi connectivity index (χ2n) is 6.62. The number of aryl methyl sites for hydroxylation is 2. The number of carbonyl (C=O) groups is 1. The van der Waals surface area contributed by atoms with Crippen LogP contribution in [0.25, 0.3) is 0 Å². The van der Waals surface area contributed by atoms with Crippen molar-refractivity contribution in [1.29, 1.82) is 0 Å². The van der Waals surface area contributed by atoms with Crippen molar-refractivity contribution in [2.24, 2.45) is 0 Å². The van der Waals surface area contributed by atoms with Crippen molar-refractivity contribution in [3.05, 3.63) is 51.3 Å². The van der Waals surface area contributed by atoms with Gasteiger partial charge in [0, 0.05) is 43.9 Å². The van der Waals surface area contributed by atoms with Gasteiger partial charge in [-0.25, -0.2) is 9.97 Å². The number of aromatic nitrogens is 2. The maximum atomic E-state index is 12.5. The first-order chi connectivity index (χ1) is 12.8. The van der Waals surface area contributed by atoms with Gasteiger partial charge in [0.25, 0.3) is 11.6 Å². The third-order valence-electron chi connectivity index (χ3n) is 4.60. The number of hydrogen-bond donors (Lipinski definition) is 1. The Balaban J connectivity index is 1.80. The molecule has 1 amide bonds. The fourth-order valence-corrected chi connectivity index (χ4v) is 2.97. The van der Waals surface area contributed by atoms with E-state index in [-0.39, 0.29) is 11.3 Å². The molecule has 1 aliphatic heterocycles. The average Bonchev–Trinajstić information content (AvgIpc) is 2.65. The highest BCUT2D eigenvalue weighted by Gasteiger charge is 2.20. The zero-order valence-electron chi connectivity index (χ0n) is 15.6. The third-order valence-corrected chi connectivity index (χ3v) is 4.60. The van der Waals surface area contributed by atoms with Crippen molar-refractivity contribution in [2.45, 2.75) is 13.8 Å². The van der Waals surface area contributed by atoms with E-state index in [1.165, 1.54) is 24.3 Å². The molecule has 3 rings (SSSR count). The molecule has 2 heterocycles. The summed E-state index contributed by atoms with van der Waals surface area (Å²) in [5.74, 6) is 0.229. The number of anilines is 2. The molecule has 1 aromatic heterocycles. The van der Waals surface area contributed by atoms with Crippen LogP contribution in [0.5, 0.6) is 0 Å². The largest absolute Gasteiger partial charge is 0.338 e. The van der Waals surface area contributed by atoms with Gasteiger partial charge in [-0.05, 0) is 27.0 Å². The number of piperazine rings is 1. The van der Waals surface area contributed by atoms with Crippen molar-refractivity contribution in [3.63, 3.8) is 0 Å². The monoisotopic (exact) mass is 370 g/mol. The number of likely N-dealkylation sites (N-methyl/N-ethyl adjacent to an activating group) is 1. The standard InChI is InChI=1S/C18H22N6O3/c1-12-16(21-17(25)14-5-4-6-15(11-14)24(26)27)13(2)20-18(19-12)23-9-7-22(3)8-10-23/h4-6,11H,7-10H2,1-3H3,(H,21,25). The maximum Gasteiger partial charge on any atom is 0.270 e. The van der Waals surface area contributed by atoms with Crippen molar-refractivity contribution in [1.82, 2.24) is 14.9 Å². The van der Waals surface area contributed by atoms with Crippen LogP contribution in [0.4, 0.5) is 17.3 Å². The molecule has 0 saturated carbocycles. The van der Waals surface area contributed by atoms with Crippen LogP contribution < -0.4 is 10.2 Å². The number of hydrogen-bond acceptors (Lipinski definition) is 7. The minimum absolute atomic E-state index is 0.127. The quantitative estimate of drug-likeness (QED) is 0.648. The third kappa shape index (κ3) is 4.20. The minimum Gasteiger partial charge on any atom is -0.338 e. The summed E-state index contributed by atoms with van der Waals surface area (Å²) in [6.45, 7) is 7.25. The summed E-state index contributed by atoms with van der Waals surface area (Å²) < 4.78 is 0. The molecule has 1 fully saturated rings. The molecule has 0 atom stereocenters. The molecule has 1 aromatic carbocycles. The van der Waals surface area contributed by atoms with E-state index in [0.29, 0.717) is 23.0 Å². The lowest BCUT2D eigenvalue weighted by Gasteiger charge is -2.32. The predicted molar refractivity (Wildman–Crippen MR) is 102 cm³/mol. The molecule has 142 valence electrons. The van der Waals surface area contributed by atoms with Crippen LogP contribution in [0, 0.1) is 24.0 Å². The summed E-state index contributed by atoms with van der Waals surface area (Å²) in [5.41, 5.74) is 1.94. The molecule has 2 aromatic rings. The number of carbonyl (C=O) groups excluding carboxylic acids is 1. The number of nitro groups is 1. The molecule has 9 heteroatoms. The lowest BCUT2D eigenvalue weighted by Crippen LogP contribution is -2.45. The molecule has 27 heavy (non-hydrogen) atoms. The van der Waals surface area contributed by atoms with Crippen LogP contribution >= 0.6 is 0 Å². The second-order valence-corrected chi connectivity index (χ2v) is 6.62. The Morgan fingerprint density at radius 2 is 1.78 bits per heavy atom. The van der Waals surface area contributed by atoms with Gasteiger partial charge in [-0.2, -0.15) is 0 Å². The Hall–Kier alpha value is -3.07. The van der Waals surface area contributed by atoms with Crippen LogP contribution in [0.1, 0.15) is 21.7 Å². The van der Waals surface area contributed by atoms with Crippen LogP contribution in [0.3, 0.4) is 0 Å². The van der Waals surface area contributed by atoms with E-state index in [1.54, 1.807) is 0 Å². The van der Waals surface area contributed by atoms with Gasteiger partial charge in [-0.1, -0.05) is 6.07 Å².